The Balaban J connectivity index is 0.000000283. The number of rotatable bonds is 0. The molecule has 0 spiro atoms. The third-order valence-electron chi connectivity index (χ3n) is 2.67. The van der Waals surface area contributed by atoms with Crippen LogP contribution in [0.2, 0.25) is 0 Å². The van der Waals surface area contributed by atoms with Crippen LogP contribution in [0, 0.1) is 0 Å². The van der Waals surface area contributed by atoms with Crippen LogP contribution in [0.4, 0.5) is 0 Å². The van der Waals surface area contributed by atoms with E-state index >= 15 is 0 Å². The van der Waals surface area contributed by atoms with Gasteiger partial charge in [0, 0.05) is 0 Å². The molecule has 0 aromatic heterocycles. The first-order chi connectivity index (χ1) is 9.00. The van der Waals surface area contributed by atoms with Crippen molar-refractivity contribution in [2.24, 2.45) is 0 Å². The molecule has 104 valence electrons. The van der Waals surface area contributed by atoms with E-state index in [4.69, 9.17) is 0 Å². The Hall–Kier alpha value is -0.127. The van der Waals surface area contributed by atoms with Crippen LogP contribution < -0.4 is 0 Å². The number of halogens is 1. The Morgan fingerprint density at radius 2 is 0.500 bits per heavy atom. The quantitative estimate of drug-likeness (QED) is 0.368. The van der Waals surface area contributed by atoms with Crippen molar-refractivity contribution in [1.82, 2.24) is 0 Å². The average molecular weight is 355 g/mol. The van der Waals surface area contributed by atoms with Gasteiger partial charge in [-0.2, -0.15) is 0 Å². The van der Waals surface area contributed by atoms with Crippen LogP contribution in [0.5, 0.6) is 0 Å². The molecule has 2 rings (SSSR count). The molecule has 0 aromatic carbocycles. The van der Waals surface area contributed by atoms with E-state index in [2.05, 4.69) is 58.3 Å². The standard InChI is InChI=1S/2C8H12.ClH.Rh/c2*1-2-4-6-8-7-5-3-1;;/h2*1-2,7-8H,3-6H2;1H;/q;;;+1/p-1. The SMILES string of the molecule is C1=CCCC=CCC1.C1=CCCC=CCC1.[Cl][Rh]. The van der Waals surface area contributed by atoms with Crippen LogP contribution in [0.15, 0.2) is 48.6 Å². The molecule has 0 heterocycles. The van der Waals surface area contributed by atoms with E-state index in [1.165, 1.54) is 51.4 Å². The topological polar surface area (TPSA) is 0 Å². The summed E-state index contributed by atoms with van der Waals surface area (Å²) in [6, 6.07) is 0. The molecule has 0 N–H and O–H groups in total. The zero-order valence-corrected chi connectivity index (χ0v) is 13.4. The van der Waals surface area contributed by atoms with E-state index < -0.39 is 0 Å². The molecule has 0 nitrogen and oxygen atoms in total. The van der Waals surface area contributed by atoms with Crippen molar-refractivity contribution in [2.45, 2.75) is 51.4 Å². The normalized spacial score (nSPS) is 18.2. The first-order valence-electron chi connectivity index (χ1n) is 6.73. The monoisotopic (exact) mass is 354 g/mol. The van der Waals surface area contributed by atoms with Gasteiger partial charge in [-0.25, -0.2) is 0 Å². The molecule has 0 saturated heterocycles. The van der Waals surface area contributed by atoms with Crippen LogP contribution in [0.1, 0.15) is 51.4 Å². The Bertz CT molecular complexity index is 184. The van der Waals surface area contributed by atoms with Gasteiger partial charge in [-0.3, -0.25) is 0 Å². The molecule has 0 amide bonds. The van der Waals surface area contributed by atoms with Gasteiger partial charge < -0.3 is 0 Å². The Labute approximate surface area is 127 Å². The fraction of sp³-hybridized carbons (Fsp3) is 0.500. The van der Waals surface area contributed by atoms with Crippen LogP contribution >= 0.6 is 9.69 Å². The summed E-state index contributed by atoms with van der Waals surface area (Å²) in [4.78, 5) is 0. The molecule has 0 unspecified atom stereocenters. The summed E-state index contributed by atoms with van der Waals surface area (Å²) in [6.07, 6.45) is 28.0. The Morgan fingerprint density at radius 1 is 0.389 bits per heavy atom. The maximum atomic E-state index is 4.53. The van der Waals surface area contributed by atoms with Gasteiger partial charge in [0.2, 0.25) is 0 Å². The molecule has 0 atom stereocenters. The molecular weight excluding hydrogens is 331 g/mol. The van der Waals surface area contributed by atoms with Gasteiger partial charge in [-0.1, -0.05) is 48.6 Å². The van der Waals surface area contributed by atoms with E-state index in [0.29, 0.717) is 0 Å². The van der Waals surface area contributed by atoms with Gasteiger partial charge in [0.05, 0.1) is 0 Å². The van der Waals surface area contributed by atoms with Crippen LogP contribution in [0.25, 0.3) is 0 Å². The van der Waals surface area contributed by atoms with Gasteiger partial charge >= 0.3 is 27.0 Å². The fourth-order valence-corrected chi connectivity index (χ4v) is 1.71. The second-order valence-corrected chi connectivity index (χ2v) is 4.20. The number of allylic oxidation sites excluding steroid dienone is 8. The van der Waals surface area contributed by atoms with Crippen LogP contribution in [-0.4, -0.2) is 0 Å². The zero-order chi connectivity index (χ0) is 13.3. The second-order valence-electron chi connectivity index (χ2n) is 4.20. The Morgan fingerprint density at radius 3 is 0.611 bits per heavy atom. The summed E-state index contributed by atoms with van der Waals surface area (Å²) in [5, 5.41) is 0. The molecule has 0 saturated carbocycles. The van der Waals surface area contributed by atoms with Gasteiger partial charge in [0.15, 0.2) is 0 Å². The fourth-order valence-electron chi connectivity index (χ4n) is 1.71. The van der Waals surface area contributed by atoms with Gasteiger partial charge in [-0.05, 0) is 51.4 Å². The average Bonchev–Trinajstić information content (AvgIpc) is 2.30. The summed E-state index contributed by atoms with van der Waals surface area (Å²) in [6.45, 7) is 0. The van der Waals surface area contributed by atoms with Crippen molar-refractivity contribution < 1.29 is 17.3 Å². The van der Waals surface area contributed by atoms with Crippen LogP contribution in [-0.2, 0) is 17.3 Å². The first kappa shape index (κ1) is 17.9. The summed E-state index contributed by atoms with van der Waals surface area (Å²) >= 11 is 2.02. The molecule has 2 aliphatic carbocycles. The van der Waals surface area contributed by atoms with E-state index in [0.717, 1.165) is 0 Å². The predicted octanol–water partition coefficient (Wildman–Crippen LogP) is 6.03. The summed E-state index contributed by atoms with van der Waals surface area (Å²) < 4.78 is 0. The number of hydrogen-bond donors (Lipinski definition) is 0. The first-order valence-corrected chi connectivity index (χ1v) is 8.84. The minimum absolute atomic E-state index is 1.23. The summed E-state index contributed by atoms with van der Waals surface area (Å²) in [7, 11) is 4.53. The molecular formula is C16H24ClRh. The molecule has 18 heavy (non-hydrogen) atoms. The molecule has 0 aromatic rings. The van der Waals surface area contributed by atoms with Crippen molar-refractivity contribution in [2.75, 3.05) is 0 Å². The van der Waals surface area contributed by atoms with Crippen molar-refractivity contribution in [1.29, 1.82) is 0 Å². The predicted molar refractivity (Wildman–Crippen MR) is 79.3 cm³/mol. The molecule has 2 heteroatoms. The third-order valence-corrected chi connectivity index (χ3v) is 2.67. The summed E-state index contributed by atoms with van der Waals surface area (Å²) in [5.74, 6) is 0. The van der Waals surface area contributed by atoms with Crippen molar-refractivity contribution in [3.63, 3.8) is 0 Å². The maximum absolute atomic E-state index is 4.53. The molecule has 0 aliphatic heterocycles. The van der Waals surface area contributed by atoms with Gasteiger partial charge in [0.1, 0.15) is 0 Å². The minimum atomic E-state index is 1.23. The molecule has 0 fully saturated rings. The zero-order valence-electron chi connectivity index (χ0n) is 11.0. The van der Waals surface area contributed by atoms with E-state index in [1.54, 1.807) is 0 Å². The van der Waals surface area contributed by atoms with E-state index in [9.17, 15) is 0 Å². The van der Waals surface area contributed by atoms with Crippen molar-refractivity contribution >= 4 is 9.69 Å². The second kappa shape index (κ2) is 16.9. The van der Waals surface area contributed by atoms with Gasteiger partial charge in [-0.15, -0.1) is 0 Å². The number of hydrogen-bond acceptors (Lipinski definition) is 0. The van der Waals surface area contributed by atoms with Crippen LogP contribution in [0.3, 0.4) is 0 Å². The van der Waals surface area contributed by atoms with Gasteiger partial charge in [0.25, 0.3) is 0 Å². The Kier molecular flexibility index (Phi) is 16.8. The third kappa shape index (κ3) is 13.9. The summed E-state index contributed by atoms with van der Waals surface area (Å²) in [5.41, 5.74) is 0. The van der Waals surface area contributed by atoms with E-state index in [1.807, 2.05) is 17.3 Å². The molecule has 0 bridgehead atoms. The van der Waals surface area contributed by atoms with Crippen molar-refractivity contribution in [3.8, 4) is 0 Å². The molecule has 2 aliphatic rings. The van der Waals surface area contributed by atoms with E-state index in [-0.39, 0.29) is 0 Å². The van der Waals surface area contributed by atoms with Crippen molar-refractivity contribution in [3.05, 3.63) is 48.6 Å². The molecule has 0 radical (unpaired) electrons.